The molecule has 11 amide bonds. The van der Waals surface area contributed by atoms with E-state index in [4.69, 9.17) is 11.6 Å². The molecule has 88 heavy (non-hydrogen) atoms. The number of carbonyl (C=O) groups excluding carboxylic acids is 11. The molecule has 4 N–H and O–H groups in total. The van der Waals surface area contributed by atoms with Crippen LogP contribution in [0.2, 0.25) is 0 Å². The van der Waals surface area contributed by atoms with E-state index >= 15 is 0 Å². The smallest absolute Gasteiger partial charge is 0.351 e. The minimum absolute atomic E-state index is 0.0189. The predicted octanol–water partition coefficient (Wildman–Crippen LogP) is 4.34. The van der Waals surface area contributed by atoms with Gasteiger partial charge in [0.2, 0.25) is 65.0 Å². The number of rotatable bonds is 8. The predicted molar refractivity (Wildman–Crippen MR) is 322 cm³/mol. The Morgan fingerprint density at radius 3 is 1.84 bits per heavy atom. The zero-order valence-electron chi connectivity index (χ0n) is 53.5. The van der Waals surface area contributed by atoms with Gasteiger partial charge in [-0.1, -0.05) is 65.2 Å². The first kappa shape index (κ1) is 71.3. The number of amides is 11. The maximum atomic E-state index is 15.0. The van der Waals surface area contributed by atoms with Crippen LogP contribution in [0, 0.1) is 29.6 Å². The van der Waals surface area contributed by atoms with Gasteiger partial charge < -0.3 is 55.6 Å². The van der Waals surface area contributed by atoms with Gasteiger partial charge in [-0.3, -0.25) is 52.7 Å². The molecule has 6 aliphatic rings. The SMILES string of the molecule is CC[C@H](C)[C@@H]1NC(=O)[C@H](C)N(C)C(=O)C[C@@H](C)NC(=O)[C@H](C2CCCC2)N(C)C(=O)C2(CCC2)NC(=O)[C@@H]2CCCN2C(=O)[C@H](CCC2CCC(C(F)(F)F)C(Cl)C2)NC(=O)CN(C)C(=O)[C@H](CC2CCCCC2)N(C)C(=O)CN(C)C(=O)CN(C)C1=O. The van der Waals surface area contributed by atoms with Crippen molar-refractivity contribution in [2.75, 3.05) is 68.5 Å². The number of nitrogens with zero attached hydrogens (tertiary/aromatic N) is 7. The number of nitrogens with one attached hydrogen (secondary N) is 4. The second-order valence-electron chi connectivity index (χ2n) is 26.6. The highest BCUT2D eigenvalue weighted by Gasteiger charge is 2.52. The Morgan fingerprint density at radius 1 is 0.614 bits per heavy atom. The van der Waals surface area contributed by atoms with E-state index in [0.29, 0.717) is 32.1 Å². The Hall–Kier alpha value is -5.75. The number of halogens is 4. The van der Waals surface area contributed by atoms with Gasteiger partial charge in [0.15, 0.2) is 0 Å². The molecule has 496 valence electrons. The third-order valence-corrected chi connectivity index (χ3v) is 20.7. The third kappa shape index (κ3) is 17.8. The molecule has 6 fully saturated rings. The van der Waals surface area contributed by atoms with Crippen molar-refractivity contribution in [1.29, 1.82) is 0 Å². The van der Waals surface area contributed by atoms with E-state index in [1.807, 2.05) is 6.92 Å². The highest BCUT2D eigenvalue weighted by atomic mass is 35.5. The molecule has 0 aromatic heterocycles. The van der Waals surface area contributed by atoms with Gasteiger partial charge >= 0.3 is 6.18 Å². The van der Waals surface area contributed by atoms with Crippen LogP contribution in [-0.2, 0) is 52.7 Å². The average Bonchev–Trinajstić information content (AvgIpc) is 3.57. The lowest BCUT2D eigenvalue weighted by Crippen LogP contribution is -2.68. The van der Waals surface area contributed by atoms with Gasteiger partial charge in [-0.2, -0.15) is 13.2 Å². The van der Waals surface area contributed by atoms with Gasteiger partial charge in [0.05, 0.1) is 25.6 Å². The van der Waals surface area contributed by atoms with Gasteiger partial charge in [-0.15, -0.1) is 11.6 Å². The van der Waals surface area contributed by atoms with Crippen LogP contribution in [0.1, 0.15) is 169 Å². The number of hydrogen-bond donors (Lipinski definition) is 4. The molecule has 4 saturated carbocycles. The summed E-state index contributed by atoms with van der Waals surface area (Å²) in [5.74, 6) is -9.16. The first-order valence-corrected chi connectivity index (χ1v) is 32.6. The summed E-state index contributed by atoms with van der Waals surface area (Å²) in [6.07, 6.45) is 5.19. The molecule has 2 aliphatic heterocycles. The van der Waals surface area contributed by atoms with Crippen LogP contribution < -0.4 is 21.3 Å². The van der Waals surface area contributed by atoms with Crippen LogP contribution >= 0.6 is 11.6 Å². The summed E-state index contributed by atoms with van der Waals surface area (Å²) in [4.78, 5) is 167. The number of fused-ring (bicyclic) bond motifs is 1. The summed E-state index contributed by atoms with van der Waals surface area (Å²) in [5.41, 5.74) is -1.43. The molecule has 0 radical (unpaired) electrons. The molecular weight excluding hydrogens is 1170 g/mol. The van der Waals surface area contributed by atoms with Crippen LogP contribution in [-0.4, -0.2) is 227 Å². The molecule has 4 aliphatic carbocycles. The van der Waals surface area contributed by atoms with E-state index in [9.17, 15) is 65.9 Å². The van der Waals surface area contributed by atoms with Crippen molar-refractivity contribution in [2.45, 2.75) is 228 Å². The Kier molecular flexibility index (Phi) is 25.4. The molecular formula is C62H99ClF3N11O11. The van der Waals surface area contributed by atoms with Gasteiger partial charge in [0.25, 0.3) is 0 Å². The Balaban J connectivity index is 1.32. The van der Waals surface area contributed by atoms with E-state index in [1.165, 1.54) is 68.8 Å². The standard InChI is InChI=1S/C62H99ClF3N11O11/c1-11-37(2)52-59(87)73(7)35-50(80)71(5)36-51(81)75(9)47(33-40-19-13-12-14-20-40)58(86)72(6)34-48(78)68-45(27-25-41-24-26-43(44(63)32-41)62(64,65)66)57(85)77-30-17-23-46(77)55(83)70-61(28-18-29-61)60(88)76(10)53(42-21-15-16-22-42)56(84)67-38(3)31-49(79)74(8)39(4)54(82)69-52/h37-47,52-53H,11-36H2,1-10H3,(H,67,84)(H,68,78)(H,69,82)(H,70,83)/t37-,38+,39-,41?,43?,44?,45-,46-,47-,52-,53-/m0/s1. The molecule has 2 saturated heterocycles. The van der Waals surface area contributed by atoms with Crippen LogP contribution in [0.4, 0.5) is 13.2 Å². The van der Waals surface area contributed by atoms with Crippen LogP contribution in [0.5, 0.6) is 0 Å². The first-order valence-electron chi connectivity index (χ1n) is 32.1. The molecule has 0 aromatic carbocycles. The average molecular weight is 1270 g/mol. The topological polar surface area (TPSA) is 259 Å². The zero-order valence-corrected chi connectivity index (χ0v) is 54.3. The summed E-state index contributed by atoms with van der Waals surface area (Å²) in [6, 6.07) is -7.43. The molecule has 6 rings (SSSR count). The van der Waals surface area contributed by atoms with Crippen molar-refractivity contribution in [1.82, 2.24) is 55.6 Å². The van der Waals surface area contributed by atoms with Crippen molar-refractivity contribution >= 4 is 76.6 Å². The van der Waals surface area contributed by atoms with Gasteiger partial charge in [-0.25, -0.2) is 0 Å². The fourth-order valence-electron chi connectivity index (χ4n) is 14.0. The maximum Gasteiger partial charge on any atom is 0.393 e. The summed E-state index contributed by atoms with van der Waals surface area (Å²) in [6.45, 7) is 5.30. The van der Waals surface area contributed by atoms with Crippen LogP contribution in [0.3, 0.4) is 0 Å². The van der Waals surface area contributed by atoms with Crippen LogP contribution in [0.25, 0.3) is 0 Å². The third-order valence-electron chi connectivity index (χ3n) is 20.2. The molecule has 1 spiro atoms. The Morgan fingerprint density at radius 2 is 1.24 bits per heavy atom. The van der Waals surface area contributed by atoms with Crippen molar-refractivity contribution < 1.29 is 65.9 Å². The fourth-order valence-corrected chi connectivity index (χ4v) is 14.5. The number of hydrogen-bond acceptors (Lipinski definition) is 11. The lowest BCUT2D eigenvalue weighted by atomic mass is 9.74. The summed E-state index contributed by atoms with van der Waals surface area (Å²) < 4.78 is 41.6. The van der Waals surface area contributed by atoms with Gasteiger partial charge in [0.1, 0.15) is 41.8 Å². The summed E-state index contributed by atoms with van der Waals surface area (Å²) in [7, 11) is 8.60. The minimum Gasteiger partial charge on any atom is -0.351 e. The van der Waals surface area contributed by atoms with E-state index in [2.05, 4.69) is 21.3 Å². The monoisotopic (exact) mass is 1270 g/mol. The molecule has 26 heteroatoms. The molecule has 22 nitrogen and oxygen atoms in total. The maximum absolute atomic E-state index is 15.0. The molecule has 0 bridgehead atoms. The quantitative estimate of drug-likeness (QED) is 0.249. The van der Waals surface area contributed by atoms with Crippen molar-refractivity contribution in [3.8, 4) is 0 Å². The Labute approximate surface area is 522 Å². The molecule has 0 aromatic rings. The fraction of sp³-hybridized carbons (Fsp3) is 0.823. The molecule has 2 heterocycles. The van der Waals surface area contributed by atoms with Crippen molar-refractivity contribution in [3.63, 3.8) is 0 Å². The Bertz CT molecular complexity index is 2530. The highest BCUT2D eigenvalue weighted by Crippen LogP contribution is 2.44. The van der Waals surface area contributed by atoms with Gasteiger partial charge in [-0.05, 0) is 121 Å². The summed E-state index contributed by atoms with van der Waals surface area (Å²) >= 11 is 6.35. The summed E-state index contributed by atoms with van der Waals surface area (Å²) in [5, 5.41) is 10.3. The molecule has 11 atom stereocenters. The van der Waals surface area contributed by atoms with E-state index in [1.54, 1.807) is 13.8 Å². The van der Waals surface area contributed by atoms with E-state index in [0.717, 1.165) is 59.6 Å². The first-order chi connectivity index (χ1) is 41.4. The number of alkyl halides is 4. The largest absolute Gasteiger partial charge is 0.393 e. The van der Waals surface area contributed by atoms with E-state index in [-0.39, 0.29) is 88.5 Å². The molecule has 3 unspecified atom stereocenters. The van der Waals surface area contributed by atoms with Crippen molar-refractivity contribution in [3.05, 3.63) is 0 Å². The number of carbonyl (C=O) groups is 11. The van der Waals surface area contributed by atoms with E-state index < -0.39 is 156 Å². The highest BCUT2D eigenvalue weighted by molar-refractivity contribution is 6.20. The lowest BCUT2D eigenvalue weighted by Gasteiger charge is -2.46. The van der Waals surface area contributed by atoms with Gasteiger partial charge in [0, 0.05) is 66.7 Å². The normalized spacial score (nSPS) is 31.1. The minimum atomic E-state index is -4.49. The van der Waals surface area contributed by atoms with Crippen LogP contribution in [0.15, 0.2) is 0 Å². The second-order valence-corrected chi connectivity index (χ2v) is 27.2. The van der Waals surface area contributed by atoms with Crippen molar-refractivity contribution in [2.24, 2.45) is 29.6 Å². The lowest BCUT2D eigenvalue weighted by molar-refractivity contribution is -0.182. The zero-order chi connectivity index (χ0) is 65.1. The number of likely N-dealkylation sites (N-methyl/N-ethyl adjacent to an activating group) is 6. The second kappa shape index (κ2) is 31.3.